The highest BCUT2D eigenvalue weighted by molar-refractivity contribution is 6.04. The summed E-state index contributed by atoms with van der Waals surface area (Å²) in [7, 11) is 0. The minimum Gasteiger partial charge on any atom is -0.378 e. The number of ether oxygens (including phenoxy) is 1. The molecular weight excluding hydrogens is 340 g/mol. The standard InChI is InChI=1S/C21H24N4O2/c26-21(18-4-3-17-7-8-22-15-19(17)13-18)24-20-5-1-16(2-6-20)14-23-25-9-11-27-12-10-25/h1-6,13-14,22H,7-12,15H2,(H,24,26). The molecule has 0 atom stereocenters. The van der Waals surface area contributed by atoms with E-state index in [1.165, 1.54) is 11.1 Å². The molecule has 6 heteroatoms. The Labute approximate surface area is 159 Å². The highest BCUT2D eigenvalue weighted by Crippen LogP contribution is 2.17. The number of fused-ring (bicyclic) bond motifs is 1. The van der Waals surface area contributed by atoms with Gasteiger partial charge >= 0.3 is 0 Å². The average Bonchev–Trinajstić information content (AvgIpc) is 2.73. The van der Waals surface area contributed by atoms with Crippen LogP contribution in [0.25, 0.3) is 0 Å². The van der Waals surface area contributed by atoms with E-state index in [0.29, 0.717) is 5.56 Å². The number of nitrogens with zero attached hydrogens (tertiary/aromatic N) is 2. The van der Waals surface area contributed by atoms with Gasteiger partial charge in [-0.2, -0.15) is 5.10 Å². The normalized spacial score (nSPS) is 17.0. The fourth-order valence-corrected chi connectivity index (χ4v) is 3.30. The molecule has 0 saturated carbocycles. The van der Waals surface area contributed by atoms with Crippen molar-refractivity contribution in [2.75, 3.05) is 38.2 Å². The number of benzene rings is 2. The molecule has 2 aromatic rings. The predicted octanol–water partition coefficient (Wildman–Crippen LogP) is 2.25. The Morgan fingerprint density at radius 3 is 2.74 bits per heavy atom. The molecule has 0 radical (unpaired) electrons. The molecule has 1 fully saturated rings. The lowest BCUT2D eigenvalue weighted by Gasteiger charge is -2.23. The molecule has 2 heterocycles. The summed E-state index contributed by atoms with van der Waals surface area (Å²) in [6.45, 7) is 4.91. The maximum absolute atomic E-state index is 12.5. The molecule has 1 amide bonds. The number of nitrogens with one attached hydrogen (secondary N) is 2. The van der Waals surface area contributed by atoms with Crippen LogP contribution in [0.2, 0.25) is 0 Å². The summed E-state index contributed by atoms with van der Waals surface area (Å²) < 4.78 is 5.31. The van der Waals surface area contributed by atoms with Crippen molar-refractivity contribution in [3.05, 3.63) is 64.7 Å². The number of hydrogen-bond acceptors (Lipinski definition) is 5. The maximum atomic E-state index is 12.5. The number of hydrazone groups is 1. The second-order valence-corrected chi connectivity index (χ2v) is 6.80. The van der Waals surface area contributed by atoms with Crippen LogP contribution in [0.15, 0.2) is 47.6 Å². The predicted molar refractivity (Wildman–Crippen MR) is 106 cm³/mol. The van der Waals surface area contributed by atoms with E-state index >= 15 is 0 Å². The second-order valence-electron chi connectivity index (χ2n) is 6.80. The molecule has 4 rings (SSSR count). The van der Waals surface area contributed by atoms with Gasteiger partial charge in [0.2, 0.25) is 0 Å². The minimum atomic E-state index is -0.0851. The van der Waals surface area contributed by atoms with Gasteiger partial charge in [-0.3, -0.25) is 9.80 Å². The first-order valence-electron chi connectivity index (χ1n) is 9.38. The van der Waals surface area contributed by atoms with Gasteiger partial charge in [0.1, 0.15) is 0 Å². The number of amides is 1. The number of morpholine rings is 1. The van der Waals surface area contributed by atoms with Crippen LogP contribution >= 0.6 is 0 Å². The third-order valence-corrected chi connectivity index (χ3v) is 4.88. The van der Waals surface area contributed by atoms with Crippen molar-refractivity contribution >= 4 is 17.8 Å². The van der Waals surface area contributed by atoms with Crippen molar-refractivity contribution < 1.29 is 9.53 Å². The van der Waals surface area contributed by atoms with Crippen LogP contribution in [0.5, 0.6) is 0 Å². The SMILES string of the molecule is O=C(Nc1ccc(C=NN2CCOCC2)cc1)c1ccc2c(c1)CNCC2. The Kier molecular flexibility index (Phi) is 5.46. The van der Waals surface area contributed by atoms with Crippen LogP contribution < -0.4 is 10.6 Å². The summed E-state index contributed by atoms with van der Waals surface area (Å²) in [5.41, 5.74) is 5.01. The van der Waals surface area contributed by atoms with Gasteiger partial charge in [-0.1, -0.05) is 18.2 Å². The van der Waals surface area contributed by atoms with Gasteiger partial charge in [0.05, 0.1) is 32.5 Å². The first-order valence-corrected chi connectivity index (χ1v) is 9.38. The number of carbonyl (C=O) groups excluding carboxylic acids is 1. The number of hydrogen-bond donors (Lipinski definition) is 2. The smallest absolute Gasteiger partial charge is 0.255 e. The summed E-state index contributed by atoms with van der Waals surface area (Å²) in [6, 6.07) is 13.7. The molecule has 27 heavy (non-hydrogen) atoms. The van der Waals surface area contributed by atoms with Gasteiger partial charge in [-0.25, -0.2) is 0 Å². The van der Waals surface area contributed by atoms with Gasteiger partial charge in [-0.05, 0) is 53.9 Å². The number of rotatable bonds is 4. The van der Waals surface area contributed by atoms with Gasteiger partial charge in [0.25, 0.3) is 5.91 Å². The van der Waals surface area contributed by atoms with E-state index in [-0.39, 0.29) is 5.91 Å². The Hall–Kier alpha value is -2.70. The molecule has 2 aliphatic heterocycles. The molecule has 0 spiro atoms. The third-order valence-electron chi connectivity index (χ3n) is 4.88. The number of anilines is 1. The molecule has 0 unspecified atom stereocenters. The van der Waals surface area contributed by atoms with Crippen molar-refractivity contribution in [1.29, 1.82) is 0 Å². The highest BCUT2D eigenvalue weighted by Gasteiger charge is 2.12. The summed E-state index contributed by atoms with van der Waals surface area (Å²) in [5, 5.41) is 12.8. The van der Waals surface area contributed by atoms with Crippen LogP contribution in [-0.4, -0.2) is 50.0 Å². The highest BCUT2D eigenvalue weighted by atomic mass is 16.5. The van der Waals surface area contributed by atoms with Crippen LogP contribution in [0.3, 0.4) is 0 Å². The monoisotopic (exact) mass is 364 g/mol. The second kappa shape index (κ2) is 8.33. The Morgan fingerprint density at radius 2 is 1.93 bits per heavy atom. The van der Waals surface area contributed by atoms with Crippen LogP contribution in [0, 0.1) is 0 Å². The van der Waals surface area contributed by atoms with Crippen molar-refractivity contribution in [3.8, 4) is 0 Å². The van der Waals surface area contributed by atoms with E-state index in [2.05, 4.69) is 21.8 Å². The first kappa shape index (κ1) is 17.7. The average molecular weight is 364 g/mol. The van der Waals surface area contributed by atoms with Crippen molar-refractivity contribution in [2.45, 2.75) is 13.0 Å². The van der Waals surface area contributed by atoms with Crippen molar-refractivity contribution in [2.24, 2.45) is 5.10 Å². The quantitative estimate of drug-likeness (QED) is 0.817. The third kappa shape index (κ3) is 4.53. The Balaban J connectivity index is 1.37. The van der Waals surface area contributed by atoms with Crippen molar-refractivity contribution in [3.63, 3.8) is 0 Å². The van der Waals surface area contributed by atoms with E-state index in [9.17, 15) is 4.79 Å². The lowest BCUT2D eigenvalue weighted by Crippen LogP contribution is -2.32. The van der Waals surface area contributed by atoms with Gasteiger partial charge < -0.3 is 15.4 Å². The Bertz CT molecular complexity index is 827. The summed E-state index contributed by atoms with van der Waals surface area (Å²) in [4.78, 5) is 12.5. The lowest BCUT2D eigenvalue weighted by molar-refractivity contribution is 0.0397. The zero-order valence-corrected chi connectivity index (χ0v) is 15.3. The van der Waals surface area contributed by atoms with Crippen LogP contribution in [-0.2, 0) is 17.7 Å². The molecule has 6 nitrogen and oxygen atoms in total. The van der Waals surface area contributed by atoms with Crippen LogP contribution in [0.4, 0.5) is 5.69 Å². The summed E-state index contributed by atoms with van der Waals surface area (Å²) >= 11 is 0. The summed E-state index contributed by atoms with van der Waals surface area (Å²) in [5.74, 6) is -0.0851. The molecular formula is C21H24N4O2. The minimum absolute atomic E-state index is 0.0851. The molecule has 0 aliphatic carbocycles. The maximum Gasteiger partial charge on any atom is 0.255 e. The van der Waals surface area contributed by atoms with Crippen LogP contribution in [0.1, 0.15) is 27.0 Å². The summed E-state index contributed by atoms with van der Waals surface area (Å²) in [6.07, 6.45) is 2.86. The van der Waals surface area contributed by atoms with Gasteiger partial charge in [0.15, 0.2) is 0 Å². The molecule has 1 saturated heterocycles. The van der Waals surface area contributed by atoms with E-state index in [4.69, 9.17) is 4.74 Å². The van der Waals surface area contributed by atoms with Gasteiger partial charge in [0, 0.05) is 17.8 Å². The molecule has 0 aromatic heterocycles. The zero-order valence-electron chi connectivity index (χ0n) is 15.3. The number of carbonyl (C=O) groups is 1. The molecule has 140 valence electrons. The fourth-order valence-electron chi connectivity index (χ4n) is 3.30. The lowest BCUT2D eigenvalue weighted by atomic mass is 9.98. The molecule has 2 aromatic carbocycles. The molecule has 2 N–H and O–H groups in total. The molecule has 2 aliphatic rings. The fraction of sp³-hybridized carbons (Fsp3) is 0.333. The zero-order chi connectivity index (χ0) is 18.5. The largest absolute Gasteiger partial charge is 0.378 e. The first-order chi connectivity index (χ1) is 13.3. The Morgan fingerprint density at radius 1 is 1.11 bits per heavy atom. The van der Waals surface area contributed by atoms with E-state index < -0.39 is 0 Å². The van der Waals surface area contributed by atoms with E-state index in [1.807, 2.05) is 47.6 Å². The van der Waals surface area contributed by atoms with Gasteiger partial charge in [-0.15, -0.1) is 0 Å². The van der Waals surface area contributed by atoms with E-state index in [1.54, 1.807) is 0 Å². The molecule has 0 bridgehead atoms. The van der Waals surface area contributed by atoms with E-state index in [0.717, 1.165) is 57.1 Å². The van der Waals surface area contributed by atoms with Crippen molar-refractivity contribution in [1.82, 2.24) is 10.3 Å². The topological polar surface area (TPSA) is 66.0 Å².